The maximum Gasteiger partial charge on any atom is 0.259 e. The van der Waals surface area contributed by atoms with E-state index in [0.29, 0.717) is 0 Å². The van der Waals surface area contributed by atoms with Gasteiger partial charge in [-0.15, -0.1) is 0 Å². The van der Waals surface area contributed by atoms with E-state index < -0.39 is 36.3 Å². The molecule has 2 amide bonds. The fourth-order valence-electron chi connectivity index (χ4n) is 2.58. The van der Waals surface area contributed by atoms with Gasteiger partial charge in [-0.3, -0.25) is 24.8 Å². The molecule has 0 aromatic carbocycles. The van der Waals surface area contributed by atoms with Crippen LogP contribution in [0.2, 0.25) is 0 Å². The highest BCUT2D eigenvalue weighted by molar-refractivity contribution is 6.24. The summed E-state index contributed by atoms with van der Waals surface area (Å²) in [5.41, 5.74) is 0. The third-order valence-corrected chi connectivity index (χ3v) is 3.96. The fourth-order valence-corrected chi connectivity index (χ4v) is 2.58. The molecule has 0 aromatic heterocycles. The zero-order valence-electron chi connectivity index (χ0n) is 13.3. The number of aliphatic hydroxyl groups excluding tert-OH is 2. The molecule has 4 unspecified atom stereocenters. The summed E-state index contributed by atoms with van der Waals surface area (Å²) in [6.07, 6.45) is -0.468. The minimum absolute atomic E-state index is 0.0855. The van der Waals surface area contributed by atoms with Gasteiger partial charge in [0, 0.05) is 12.3 Å². The molecule has 0 saturated carbocycles. The monoisotopic (exact) mass is 337 g/mol. The Morgan fingerprint density at radius 2 is 2.33 bits per heavy atom. The van der Waals surface area contributed by atoms with Crippen molar-refractivity contribution >= 4 is 29.9 Å². The highest BCUT2D eigenvalue weighted by atomic mass is 16.5. The number of carbonyl (C=O) groups excluding carboxylic acids is 2. The summed E-state index contributed by atoms with van der Waals surface area (Å²) in [6.45, 7) is 3.08. The predicted molar refractivity (Wildman–Crippen MR) is 83.3 cm³/mol. The van der Waals surface area contributed by atoms with Crippen LogP contribution in [0, 0.1) is 5.92 Å². The molecule has 0 radical (unpaired) electrons. The highest BCUT2D eigenvalue weighted by Gasteiger charge is 2.44. The van der Waals surface area contributed by atoms with Gasteiger partial charge in [-0.05, 0) is 0 Å². The summed E-state index contributed by atoms with van der Waals surface area (Å²) in [5.74, 6) is -0.956. The van der Waals surface area contributed by atoms with Crippen LogP contribution in [0.1, 0.15) is 20.3 Å². The predicted octanol–water partition coefficient (Wildman–Crippen LogP) is -1.77. The van der Waals surface area contributed by atoms with Gasteiger partial charge in [0.25, 0.3) is 11.8 Å². The lowest BCUT2D eigenvalue weighted by molar-refractivity contribution is -0.120. The van der Waals surface area contributed by atoms with E-state index >= 15 is 0 Å². The van der Waals surface area contributed by atoms with Gasteiger partial charge in [0.1, 0.15) is 12.3 Å². The Morgan fingerprint density at radius 1 is 1.58 bits per heavy atom. The lowest BCUT2D eigenvalue weighted by Crippen LogP contribution is -2.51. The number of guanidine groups is 1. The van der Waals surface area contributed by atoms with Gasteiger partial charge >= 0.3 is 0 Å². The molecular weight excluding hydrogens is 318 g/mol. The van der Waals surface area contributed by atoms with Crippen molar-refractivity contribution in [1.82, 2.24) is 10.2 Å². The van der Waals surface area contributed by atoms with E-state index in [2.05, 4.69) is 20.3 Å². The largest absolute Gasteiger partial charge is 0.394 e. The molecule has 3 aliphatic rings. The zero-order valence-corrected chi connectivity index (χ0v) is 13.3. The number of aliphatic hydroxyl groups is 2. The van der Waals surface area contributed by atoms with Gasteiger partial charge in [-0.2, -0.15) is 9.98 Å². The quantitative estimate of drug-likeness (QED) is 0.558. The number of nitrogens with zero attached hydrogens (tertiary/aromatic N) is 4. The highest BCUT2D eigenvalue weighted by Crippen LogP contribution is 2.26. The van der Waals surface area contributed by atoms with E-state index in [4.69, 9.17) is 4.74 Å². The second-order valence-electron chi connectivity index (χ2n) is 6.08. The average Bonchev–Trinajstić information content (AvgIpc) is 3.10. The van der Waals surface area contributed by atoms with Crippen molar-refractivity contribution in [3.05, 3.63) is 0 Å². The maximum atomic E-state index is 12.1. The van der Waals surface area contributed by atoms with Crippen LogP contribution in [0.25, 0.3) is 0 Å². The fraction of sp³-hybridized carbons (Fsp3) is 0.643. The zero-order chi connectivity index (χ0) is 17.4. The lowest BCUT2D eigenvalue weighted by atomic mass is 10.1. The van der Waals surface area contributed by atoms with E-state index in [1.54, 1.807) is 13.8 Å². The van der Waals surface area contributed by atoms with Crippen LogP contribution in [0.4, 0.5) is 0 Å². The summed E-state index contributed by atoms with van der Waals surface area (Å²) in [7, 11) is 0. The molecule has 10 nitrogen and oxygen atoms in total. The Bertz CT molecular complexity index is 643. The van der Waals surface area contributed by atoms with Crippen molar-refractivity contribution in [2.45, 2.75) is 44.7 Å². The summed E-state index contributed by atoms with van der Waals surface area (Å²) >= 11 is 0. The Hall–Kier alpha value is -2.17. The van der Waals surface area contributed by atoms with Crippen LogP contribution in [0.15, 0.2) is 15.0 Å². The van der Waals surface area contributed by atoms with Crippen LogP contribution in [-0.4, -0.2) is 76.1 Å². The summed E-state index contributed by atoms with van der Waals surface area (Å²) in [5, 5.41) is 21.5. The van der Waals surface area contributed by atoms with Crippen molar-refractivity contribution in [3.8, 4) is 0 Å². The first kappa shape index (κ1) is 16.7. The molecule has 3 aliphatic heterocycles. The third-order valence-electron chi connectivity index (χ3n) is 3.96. The van der Waals surface area contributed by atoms with Crippen LogP contribution >= 0.6 is 0 Å². The van der Waals surface area contributed by atoms with Crippen molar-refractivity contribution in [3.63, 3.8) is 0 Å². The topological polar surface area (TPSA) is 136 Å². The Labute approximate surface area is 137 Å². The number of carbonyl (C=O) groups is 2. The molecule has 4 atom stereocenters. The number of nitrogens with one attached hydrogen (secondary N) is 1. The summed E-state index contributed by atoms with van der Waals surface area (Å²) in [6, 6.07) is -0.841. The number of ether oxygens (including phenoxy) is 1. The molecular formula is C14H19N5O5. The van der Waals surface area contributed by atoms with Crippen LogP contribution in [-0.2, 0) is 14.3 Å². The molecule has 0 bridgehead atoms. The second-order valence-corrected chi connectivity index (χ2v) is 6.08. The number of hydrogen-bond donors (Lipinski definition) is 3. The van der Waals surface area contributed by atoms with Crippen LogP contribution < -0.4 is 5.32 Å². The number of rotatable bonds is 3. The first-order valence-electron chi connectivity index (χ1n) is 7.68. The molecule has 0 spiro atoms. The molecule has 24 heavy (non-hydrogen) atoms. The average molecular weight is 337 g/mol. The van der Waals surface area contributed by atoms with Gasteiger partial charge in [0.2, 0.25) is 5.96 Å². The molecule has 1 fully saturated rings. The number of aliphatic imine (C=N–C) groups is 3. The smallest absolute Gasteiger partial charge is 0.259 e. The van der Waals surface area contributed by atoms with Crippen LogP contribution in [0.3, 0.4) is 0 Å². The number of fused-ring (bicyclic) bond motifs is 1. The number of amidine groups is 1. The van der Waals surface area contributed by atoms with Crippen molar-refractivity contribution in [1.29, 1.82) is 0 Å². The van der Waals surface area contributed by atoms with Crippen molar-refractivity contribution in [2.24, 2.45) is 20.9 Å². The summed E-state index contributed by atoms with van der Waals surface area (Å²) in [4.78, 5) is 37.5. The van der Waals surface area contributed by atoms with E-state index in [1.165, 1.54) is 11.2 Å². The molecule has 3 N–H and O–H groups in total. The van der Waals surface area contributed by atoms with E-state index in [0.717, 1.165) is 0 Å². The summed E-state index contributed by atoms with van der Waals surface area (Å²) < 4.78 is 5.56. The maximum absolute atomic E-state index is 12.1. The molecule has 0 aromatic rings. The molecule has 0 aliphatic carbocycles. The third kappa shape index (κ3) is 2.95. The van der Waals surface area contributed by atoms with Crippen LogP contribution in [0.5, 0.6) is 0 Å². The lowest BCUT2D eigenvalue weighted by Gasteiger charge is -2.26. The normalized spacial score (nSPS) is 33.9. The van der Waals surface area contributed by atoms with Gasteiger partial charge in [0.05, 0.1) is 19.0 Å². The van der Waals surface area contributed by atoms with E-state index in [1.807, 2.05) is 0 Å². The first-order valence-corrected chi connectivity index (χ1v) is 7.68. The van der Waals surface area contributed by atoms with Gasteiger partial charge in [0.15, 0.2) is 11.9 Å². The van der Waals surface area contributed by atoms with E-state index in [-0.39, 0.29) is 30.7 Å². The Kier molecular flexibility index (Phi) is 4.43. The molecule has 10 heteroatoms. The van der Waals surface area contributed by atoms with Gasteiger partial charge < -0.3 is 14.9 Å². The van der Waals surface area contributed by atoms with Crippen molar-refractivity contribution < 1.29 is 24.5 Å². The standard InChI is InChI=1S/C14H19N5O5/c1-6(2)12(22)17-14-16-11-10(13(23)18-14)15-5-19(11)9-3-7(21)8(4-20)24-9/h5-10,20-21H,3-4H2,1-2H3,(H,17,18,22,23). The first-order chi connectivity index (χ1) is 11.4. The minimum atomic E-state index is -0.841. The molecule has 3 heterocycles. The Balaban J connectivity index is 1.84. The Morgan fingerprint density at radius 3 is 2.96 bits per heavy atom. The number of amides is 2. The second kappa shape index (κ2) is 6.38. The molecule has 1 saturated heterocycles. The van der Waals surface area contributed by atoms with Gasteiger partial charge in [-0.25, -0.2) is 0 Å². The van der Waals surface area contributed by atoms with E-state index in [9.17, 15) is 19.8 Å². The van der Waals surface area contributed by atoms with Gasteiger partial charge in [-0.1, -0.05) is 13.8 Å². The van der Waals surface area contributed by atoms with Crippen molar-refractivity contribution in [2.75, 3.05) is 6.61 Å². The SMILES string of the molecule is CC(C)C(=O)N=C1N=C2C(N=CN2C2CC(O)C(CO)O2)C(=O)N1. The molecule has 130 valence electrons. The molecule has 3 rings (SSSR count). The minimum Gasteiger partial charge on any atom is -0.394 e. The number of hydrogen-bond acceptors (Lipinski definition) is 7.